The van der Waals surface area contributed by atoms with Crippen molar-refractivity contribution in [3.05, 3.63) is 58.1 Å². The van der Waals surface area contributed by atoms with Crippen molar-refractivity contribution in [2.24, 2.45) is 0 Å². The lowest BCUT2D eigenvalue weighted by Crippen LogP contribution is -1.93. The number of hydrogen-bond acceptors (Lipinski definition) is 1. The van der Waals surface area contributed by atoms with Crippen LogP contribution in [0.3, 0.4) is 0 Å². The van der Waals surface area contributed by atoms with Gasteiger partial charge in [0, 0.05) is 5.56 Å². The summed E-state index contributed by atoms with van der Waals surface area (Å²) < 4.78 is 0. The largest absolute Gasteiger partial charge is 0.298 e. The highest BCUT2D eigenvalue weighted by atomic mass is 16.1. The van der Waals surface area contributed by atoms with Gasteiger partial charge < -0.3 is 0 Å². The van der Waals surface area contributed by atoms with Crippen LogP contribution in [0, 0.1) is 27.7 Å². The maximum Gasteiger partial charge on any atom is 0.150 e. The number of benzene rings is 2. The maximum atomic E-state index is 10.9. The van der Waals surface area contributed by atoms with Crippen LogP contribution in [0.25, 0.3) is 11.1 Å². The Bertz CT molecular complexity index is 586. The molecule has 0 aliphatic carbocycles. The molecule has 0 heterocycles. The van der Waals surface area contributed by atoms with Gasteiger partial charge in [-0.05, 0) is 73.2 Å². The standard InChI is InChI=1S/C17H18O/c1-11-5-6-16(9-12(11)2)17-13(3)7-15(10-18)8-14(17)4/h5-10H,1-4H3. The molecule has 0 atom stereocenters. The van der Waals surface area contributed by atoms with Crippen LogP contribution in [0.2, 0.25) is 0 Å². The van der Waals surface area contributed by atoms with Gasteiger partial charge in [0.15, 0.2) is 0 Å². The van der Waals surface area contributed by atoms with Crippen LogP contribution in [0.1, 0.15) is 32.6 Å². The van der Waals surface area contributed by atoms with Crippen molar-refractivity contribution >= 4 is 6.29 Å². The zero-order valence-corrected chi connectivity index (χ0v) is 11.4. The Balaban J connectivity index is 2.63. The number of hydrogen-bond donors (Lipinski definition) is 0. The van der Waals surface area contributed by atoms with Crippen molar-refractivity contribution in [3.8, 4) is 11.1 Å². The van der Waals surface area contributed by atoms with Crippen molar-refractivity contribution in [1.29, 1.82) is 0 Å². The molecule has 0 spiro atoms. The highest BCUT2D eigenvalue weighted by Gasteiger charge is 2.08. The molecule has 0 bridgehead atoms. The first kappa shape index (κ1) is 12.6. The molecule has 0 aliphatic rings. The van der Waals surface area contributed by atoms with Crippen molar-refractivity contribution in [2.75, 3.05) is 0 Å². The second-order valence-electron chi connectivity index (χ2n) is 4.95. The summed E-state index contributed by atoms with van der Waals surface area (Å²) in [6.45, 7) is 8.37. The molecule has 1 heteroatoms. The normalized spacial score (nSPS) is 10.4. The first-order valence-electron chi connectivity index (χ1n) is 6.17. The lowest BCUT2D eigenvalue weighted by molar-refractivity contribution is 0.112. The van der Waals surface area contributed by atoms with Crippen LogP contribution in [-0.4, -0.2) is 6.29 Å². The third-order valence-electron chi connectivity index (χ3n) is 3.49. The van der Waals surface area contributed by atoms with E-state index in [4.69, 9.17) is 0 Å². The van der Waals surface area contributed by atoms with E-state index in [1.807, 2.05) is 12.1 Å². The predicted molar refractivity (Wildman–Crippen MR) is 76.2 cm³/mol. The van der Waals surface area contributed by atoms with Gasteiger partial charge in [0.1, 0.15) is 6.29 Å². The van der Waals surface area contributed by atoms with Gasteiger partial charge in [0.2, 0.25) is 0 Å². The summed E-state index contributed by atoms with van der Waals surface area (Å²) in [6, 6.07) is 10.4. The molecule has 0 fully saturated rings. The second-order valence-corrected chi connectivity index (χ2v) is 4.95. The average Bonchev–Trinajstić information content (AvgIpc) is 2.32. The minimum absolute atomic E-state index is 0.748. The molecule has 18 heavy (non-hydrogen) atoms. The molecule has 0 aromatic heterocycles. The van der Waals surface area contributed by atoms with Crippen molar-refractivity contribution < 1.29 is 4.79 Å². The Hall–Kier alpha value is -1.89. The molecular weight excluding hydrogens is 220 g/mol. The molecule has 2 rings (SSSR count). The Morgan fingerprint density at radius 1 is 0.778 bits per heavy atom. The summed E-state index contributed by atoms with van der Waals surface area (Å²) in [5, 5.41) is 0. The van der Waals surface area contributed by atoms with Crippen LogP contribution >= 0.6 is 0 Å². The lowest BCUT2D eigenvalue weighted by atomic mass is 9.92. The van der Waals surface area contributed by atoms with Crippen LogP contribution in [0.5, 0.6) is 0 Å². The number of carbonyl (C=O) groups is 1. The third-order valence-corrected chi connectivity index (χ3v) is 3.49. The topological polar surface area (TPSA) is 17.1 Å². The monoisotopic (exact) mass is 238 g/mol. The fourth-order valence-electron chi connectivity index (χ4n) is 2.42. The van der Waals surface area contributed by atoms with Gasteiger partial charge in [-0.1, -0.05) is 18.2 Å². The minimum atomic E-state index is 0.748. The second kappa shape index (κ2) is 4.77. The number of rotatable bonds is 2. The molecule has 0 unspecified atom stereocenters. The third kappa shape index (κ3) is 2.21. The SMILES string of the molecule is Cc1ccc(-c2c(C)cc(C=O)cc2C)cc1C. The molecule has 0 saturated heterocycles. The van der Waals surface area contributed by atoms with E-state index in [0.29, 0.717) is 0 Å². The van der Waals surface area contributed by atoms with Gasteiger partial charge in [0.05, 0.1) is 0 Å². The molecule has 0 saturated carbocycles. The number of carbonyl (C=O) groups excluding carboxylic acids is 1. The van der Waals surface area contributed by atoms with Crippen molar-refractivity contribution in [3.63, 3.8) is 0 Å². The number of aryl methyl sites for hydroxylation is 4. The lowest BCUT2D eigenvalue weighted by Gasteiger charge is -2.12. The Kier molecular flexibility index (Phi) is 3.33. The molecule has 0 amide bonds. The van der Waals surface area contributed by atoms with E-state index in [2.05, 4.69) is 45.9 Å². The minimum Gasteiger partial charge on any atom is -0.298 e. The van der Waals surface area contributed by atoms with E-state index in [1.54, 1.807) is 0 Å². The van der Waals surface area contributed by atoms with Crippen molar-refractivity contribution in [1.82, 2.24) is 0 Å². The van der Waals surface area contributed by atoms with Crippen LogP contribution in [0.4, 0.5) is 0 Å². The fourth-order valence-corrected chi connectivity index (χ4v) is 2.42. The maximum absolute atomic E-state index is 10.9. The van der Waals surface area contributed by atoms with Gasteiger partial charge >= 0.3 is 0 Å². The smallest absolute Gasteiger partial charge is 0.150 e. The first-order valence-corrected chi connectivity index (χ1v) is 6.17. The van der Waals surface area contributed by atoms with Crippen LogP contribution < -0.4 is 0 Å². The summed E-state index contributed by atoms with van der Waals surface area (Å²) in [6.07, 6.45) is 0.907. The highest BCUT2D eigenvalue weighted by molar-refractivity contribution is 5.80. The summed E-state index contributed by atoms with van der Waals surface area (Å²) in [4.78, 5) is 10.9. The number of aldehydes is 1. The summed E-state index contributed by atoms with van der Waals surface area (Å²) in [5.41, 5.74) is 8.12. The van der Waals surface area contributed by atoms with Gasteiger partial charge in [-0.15, -0.1) is 0 Å². The van der Waals surface area contributed by atoms with Crippen molar-refractivity contribution in [2.45, 2.75) is 27.7 Å². The molecule has 0 N–H and O–H groups in total. The molecule has 0 radical (unpaired) electrons. The molecular formula is C17H18O. The van der Waals surface area contributed by atoms with Gasteiger partial charge in [0.25, 0.3) is 0 Å². The molecule has 2 aromatic rings. The van der Waals surface area contributed by atoms with E-state index in [9.17, 15) is 4.79 Å². The zero-order valence-electron chi connectivity index (χ0n) is 11.4. The van der Waals surface area contributed by atoms with Crippen LogP contribution in [0.15, 0.2) is 30.3 Å². The zero-order chi connectivity index (χ0) is 13.3. The summed E-state index contributed by atoms with van der Waals surface area (Å²) >= 11 is 0. The molecule has 1 nitrogen and oxygen atoms in total. The highest BCUT2D eigenvalue weighted by Crippen LogP contribution is 2.29. The quantitative estimate of drug-likeness (QED) is 0.709. The Morgan fingerprint density at radius 3 is 1.89 bits per heavy atom. The van der Waals surface area contributed by atoms with Crippen LogP contribution in [-0.2, 0) is 0 Å². The van der Waals surface area contributed by atoms with E-state index < -0.39 is 0 Å². The van der Waals surface area contributed by atoms with Gasteiger partial charge in [-0.2, -0.15) is 0 Å². The Labute approximate surface area is 108 Å². The van der Waals surface area contributed by atoms with E-state index in [1.165, 1.54) is 22.3 Å². The molecule has 92 valence electrons. The predicted octanol–water partition coefficient (Wildman–Crippen LogP) is 4.40. The summed E-state index contributed by atoms with van der Waals surface area (Å²) in [7, 11) is 0. The van der Waals surface area contributed by atoms with E-state index in [0.717, 1.165) is 23.0 Å². The van der Waals surface area contributed by atoms with Gasteiger partial charge in [-0.3, -0.25) is 4.79 Å². The van der Waals surface area contributed by atoms with Gasteiger partial charge in [-0.25, -0.2) is 0 Å². The molecule has 0 aliphatic heterocycles. The molecule has 2 aromatic carbocycles. The Morgan fingerprint density at radius 2 is 1.39 bits per heavy atom. The fraction of sp³-hybridized carbons (Fsp3) is 0.235. The first-order chi connectivity index (χ1) is 8.52. The van der Waals surface area contributed by atoms with E-state index >= 15 is 0 Å². The average molecular weight is 238 g/mol. The summed E-state index contributed by atoms with van der Waals surface area (Å²) in [5.74, 6) is 0. The van der Waals surface area contributed by atoms with E-state index in [-0.39, 0.29) is 0 Å².